The number of hydrogen-bond acceptors (Lipinski definition) is 3. The highest BCUT2D eigenvalue weighted by Crippen LogP contribution is 2.25. The Hall–Kier alpha value is -1.77. The molecule has 0 aliphatic carbocycles. The van der Waals surface area contributed by atoms with E-state index in [9.17, 15) is 17.6 Å². The summed E-state index contributed by atoms with van der Waals surface area (Å²) in [6, 6.07) is 11.5. The fourth-order valence-corrected chi connectivity index (χ4v) is 3.08. The van der Waals surface area contributed by atoms with Gasteiger partial charge in [-0.3, -0.25) is 4.79 Å². The molecule has 0 heterocycles. The first-order valence-electron chi connectivity index (χ1n) is 6.94. The molecular weight excluding hydrogens is 399 g/mol. The molecule has 0 aliphatic rings. The van der Waals surface area contributed by atoms with Crippen molar-refractivity contribution in [3.8, 4) is 0 Å². The smallest absolute Gasteiger partial charge is 0.247 e. The molecular formula is C16H16BrFN2O3S. The summed E-state index contributed by atoms with van der Waals surface area (Å²) < 4.78 is 39.2. The van der Waals surface area contributed by atoms with Crippen LogP contribution in [0.25, 0.3) is 0 Å². The van der Waals surface area contributed by atoms with E-state index >= 15 is 0 Å². The molecule has 2 aromatic rings. The first kappa shape index (κ1) is 18.6. The molecule has 8 heteroatoms. The van der Waals surface area contributed by atoms with Crippen molar-refractivity contribution in [2.45, 2.75) is 6.04 Å². The first-order valence-corrected chi connectivity index (χ1v) is 9.58. The van der Waals surface area contributed by atoms with Crippen molar-refractivity contribution in [1.82, 2.24) is 4.31 Å². The molecule has 0 bridgehead atoms. The Morgan fingerprint density at radius 2 is 1.83 bits per heavy atom. The molecule has 24 heavy (non-hydrogen) atoms. The van der Waals surface area contributed by atoms with Crippen molar-refractivity contribution in [2.75, 3.05) is 18.6 Å². The number of halogens is 2. The molecule has 0 unspecified atom stereocenters. The number of nitrogens with zero attached hydrogens (tertiary/aromatic N) is 1. The molecule has 0 saturated carbocycles. The van der Waals surface area contributed by atoms with Crippen LogP contribution in [0.4, 0.5) is 10.1 Å². The van der Waals surface area contributed by atoms with Gasteiger partial charge in [-0.2, -0.15) is 4.31 Å². The second-order valence-electron chi connectivity index (χ2n) is 5.21. The Morgan fingerprint density at radius 3 is 2.38 bits per heavy atom. The van der Waals surface area contributed by atoms with Crippen LogP contribution >= 0.6 is 15.9 Å². The molecule has 2 rings (SSSR count). The van der Waals surface area contributed by atoms with Crippen molar-refractivity contribution < 1.29 is 17.6 Å². The molecule has 0 saturated heterocycles. The zero-order valence-corrected chi connectivity index (χ0v) is 15.4. The monoisotopic (exact) mass is 414 g/mol. The van der Waals surface area contributed by atoms with Crippen LogP contribution in [0.2, 0.25) is 0 Å². The van der Waals surface area contributed by atoms with Crippen LogP contribution in [0.5, 0.6) is 0 Å². The summed E-state index contributed by atoms with van der Waals surface area (Å²) in [5.74, 6) is -1.26. The number of rotatable bonds is 5. The van der Waals surface area contributed by atoms with E-state index in [2.05, 4.69) is 21.2 Å². The first-order chi connectivity index (χ1) is 11.2. The summed E-state index contributed by atoms with van der Waals surface area (Å²) in [6.45, 7) is 0. The van der Waals surface area contributed by atoms with Gasteiger partial charge in [0.05, 0.1) is 11.9 Å². The normalized spacial score (nSPS) is 12.9. The van der Waals surface area contributed by atoms with Gasteiger partial charge in [0.2, 0.25) is 15.9 Å². The van der Waals surface area contributed by atoms with E-state index in [0.29, 0.717) is 10.0 Å². The Labute approximate surface area is 148 Å². The summed E-state index contributed by atoms with van der Waals surface area (Å²) >= 11 is 3.14. The van der Waals surface area contributed by atoms with Crippen molar-refractivity contribution in [2.24, 2.45) is 0 Å². The summed E-state index contributed by atoms with van der Waals surface area (Å²) in [6.07, 6.45) is 1.01. The molecule has 0 aliphatic heterocycles. The third kappa shape index (κ3) is 4.40. The lowest BCUT2D eigenvalue weighted by Crippen LogP contribution is -2.38. The number of likely N-dealkylation sites (N-methyl/N-ethyl adjacent to an activating group) is 1. The summed E-state index contributed by atoms with van der Waals surface area (Å²) in [7, 11) is -2.32. The van der Waals surface area contributed by atoms with E-state index in [1.807, 2.05) is 0 Å². The van der Waals surface area contributed by atoms with E-state index in [1.165, 1.54) is 19.2 Å². The van der Waals surface area contributed by atoms with E-state index in [-0.39, 0.29) is 5.69 Å². The molecule has 128 valence electrons. The predicted molar refractivity (Wildman–Crippen MR) is 94.5 cm³/mol. The highest BCUT2D eigenvalue weighted by molar-refractivity contribution is 9.10. The third-order valence-corrected chi connectivity index (χ3v) is 5.19. The quantitative estimate of drug-likeness (QED) is 0.816. The predicted octanol–water partition coefficient (Wildman–Crippen LogP) is 3.16. The van der Waals surface area contributed by atoms with Crippen molar-refractivity contribution in [1.29, 1.82) is 0 Å². The van der Waals surface area contributed by atoms with Crippen molar-refractivity contribution in [3.63, 3.8) is 0 Å². The number of carbonyl (C=O) groups excluding carboxylic acids is 1. The molecule has 0 aromatic heterocycles. The fraction of sp³-hybridized carbons (Fsp3) is 0.188. The van der Waals surface area contributed by atoms with Gasteiger partial charge >= 0.3 is 0 Å². The highest BCUT2D eigenvalue weighted by atomic mass is 79.9. The Balaban J connectivity index is 2.38. The second-order valence-corrected chi connectivity index (χ2v) is 8.16. The van der Waals surface area contributed by atoms with Crippen molar-refractivity contribution >= 4 is 37.5 Å². The van der Waals surface area contributed by atoms with Crippen LogP contribution in [0, 0.1) is 5.82 Å². The summed E-state index contributed by atoms with van der Waals surface area (Å²) in [5.41, 5.74) is 0.464. The number of nitrogens with one attached hydrogen (secondary N) is 1. The lowest BCUT2D eigenvalue weighted by molar-refractivity contribution is -0.119. The average Bonchev–Trinajstić information content (AvgIpc) is 2.50. The average molecular weight is 415 g/mol. The van der Waals surface area contributed by atoms with Crippen molar-refractivity contribution in [3.05, 3.63) is 64.4 Å². The lowest BCUT2D eigenvalue weighted by Gasteiger charge is -2.25. The van der Waals surface area contributed by atoms with Gasteiger partial charge in [-0.1, -0.05) is 46.3 Å². The maximum absolute atomic E-state index is 13.9. The van der Waals surface area contributed by atoms with Crippen LogP contribution in [0.1, 0.15) is 11.6 Å². The SMILES string of the molecule is CN([C@@H](C(=O)Nc1ccc(Br)cc1F)c1ccccc1)S(C)(=O)=O. The van der Waals surface area contributed by atoms with Crippen LogP contribution in [0.3, 0.4) is 0 Å². The standard InChI is InChI=1S/C16H16BrFN2O3S/c1-20(24(2,22)23)15(11-6-4-3-5-7-11)16(21)19-14-9-8-12(17)10-13(14)18/h3-10,15H,1-2H3,(H,19,21)/t15-/m1/s1. The van der Waals surface area contributed by atoms with Gasteiger partial charge in [0.15, 0.2) is 0 Å². The molecule has 1 N–H and O–H groups in total. The van der Waals surface area contributed by atoms with E-state index in [0.717, 1.165) is 10.6 Å². The number of amides is 1. The van der Waals surface area contributed by atoms with Gasteiger partial charge in [0.25, 0.3) is 0 Å². The highest BCUT2D eigenvalue weighted by Gasteiger charge is 2.31. The zero-order chi connectivity index (χ0) is 17.9. The molecule has 1 amide bonds. The summed E-state index contributed by atoms with van der Waals surface area (Å²) in [5, 5.41) is 2.45. The zero-order valence-electron chi connectivity index (χ0n) is 13.0. The lowest BCUT2D eigenvalue weighted by atomic mass is 10.1. The van der Waals surface area contributed by atoms with Crippen LogP contribution in [-0.2, 0) is 14.8 Å². The topological polar surface area (TPSA) is 66.5 Å². The van der Waals surface area contributed by atoms with Gasteiger partial charge in [-0.05, 0) is 23.8 Å². The minimum absolute atomic E-state index is 0.0222. The third-order valence-electron chi connectivity index (χ3n) is 3.44. The Bertz CT molecular complexity index is 844. The maximum Gasteiger partial charge on any atom is 0.247 e. The molecule has 0 radical (unpaired) electrons. The number of hydrogen-bond donors (Lipinski definition) is 1. The Kier molecular flexibility index (Phi) is 5.74. The van der Waals surface area contributed by atoms with E-state index in [4.69, 9.17) is 0 Å². The minimum atomic E-state index is -3.63. The van der Waals surface area contributed by atoms with Crippen LogP contribution < -0.4 is 5.32 Å². The molecule has 0 spiro atoms. The molecule has 1 atom stereocenters. The van der Waals surface area contributed by atoms with Gasteiger partial charge in [0.1, 0.15) is 11.9 Å². The largest absolute Gasteiger partial charge is 0.322 e. The molecule has 5 nitrogen and oxygen atoms in total. The van der Waals surface area contributed by atoms with E-state index in [1.54, 1.807) is 36.4 Å². The second kappa shape index (κ2) is 7.42. The number of sulfonamides is 1. The van der Waals surface area contributed by atoms with Gasteiger partial charge < -0.3 is 5.32 Å². The van der Waals surface area contributed by atoms with Gasteiger partial charge in [0, 0.05) is 11.5 Å². The number of benzene rings is 2. The van der Waals surface area contributed by atoms with E-state index < -0.39 is 27.8 Å². The summed E-state index contributed by atoms with van der Waals surface area (Å²) in [4.78, 5) is 12.6. The molecule has 2 aromatic carbocycles. The Morgan fingerprint density at radius 1 is 1.21 bits per heavy atom. The molecule has 0 fully saturated rings. The minimum Gasteiger partial charge on any atom is -0.322 e. The van der Waals surface area contributed by atoms with Crippen LogP contribution in [0.15, 0.2) is 53.0 Å². The number of carbonyl (C=O) groups is 1. The van der Waals surface area contributed by atoms with Gasteiger partial charge in [-0.25, -0.2) is 12.8 Å². The fourth-order valence-electron chi connectivity index (χ4n) is 2.15. The maximum atomic E-state index is 13.9. The van der Waals surface area contributed by atoms with Crippen LogP contribution in [-0.4, -0.2) is 31.9 Å². The van der Waals surface area contributed by atoms with Gasteiger partial charge in [-0.15, -0.1) is 0 Å². The number of anilines is 1.